The SMILES string of the molecule is Clc1ccc2c(c1)NC1C=CC=CC1S2. The minimum atomic E-state index is 0.394. The van der Waals surface area contributed by atoms with E-state index in [4.69, 9.17) is 11.6 Å². The Hall–Kier alpha value is -0.860. The third-order valence-corrected chi connectivity index (χ3v) is 4.18. The molecule has 1 aliphatic carbocycles. The lowest BCUT2D eigenvalue weighted by molar-refractivity contribution is 0.880. The number of anilines is 1. The Morgan fingerprint density at radius 2 is 2.07 bits per heavy atom. The van der Waals surface area contributed by atoms with E-state index in [9.17, 15) is 0 Å². The third-order valence-electron chi connectivity index (χ3n) is 2.61. The molecule has 1 heterocycles. The average Bonchev–Trinajstić information content (AvgIpc) is 2.26. The van der Waals surface area contributed by atoms with E-state index in [-0.39, 0.29) is 0 Å². The zero-order chi connectivity index (χ0) is 10.3. The Kier molecular flexibility index (Phi) is 2.26. The summed E-state index contributed by atoms with van der Waals surface area (Å²) >= 11 is 7.86. The molecule has 76 valence electrons. The van der Waals surface area contributed by atoms with Crippen molar-refractivity contribution < 1.29 is 0 Å². The van der Waals surface area contributed by atoms with Crippen LogP contribution >= 0.6 is 23.4 Å². The summed E-state index contributed by atoms with van der Waals surface area (Å²) in [6, 6.07) is 6.41. The molecule has 0 bridgehead atoms. The molecular weight excluding hydrogens is 226 g/mol. The molecule has 1 N–H and O–H groups in total. The molecule has 3 heteroatoms. The first-order valence-electron chi connectivity index (χ1n) is 4.91. The first-order valence-corrected chi connectivity index (χ1v) is 6.16. The number of nitrogens with one attached hydrogen (secondary N) is 1. The molecule has 3 rings (SSSR count). The highest BCUT2D eigenvalue weighted by atomic mass is 35.5. The molecule has 0 spiro atoms. The fraction of sp³-hybridized carbons (Fsp3) is 0.167. The third kappa shape index (κ3) is 1.68. The number of benzene rings is 1. The van der Waals surface area contributed by atoms with Crippen LogP contribution in [-0.2, 0) is 0 Å². The van der Waals surface area contributed by atoms with E-state index >= 15 is 0 Å². The van der Waals surface area contributed by atoms with Crippen LogP contribution in [-0.4, -0.2) is 11.3 Å². The minimum absolute atomic E-state index is 0.394. The van der Waals surface area contributed by atoms with Crippen LogP contribution in [0.15, 0.2) is 47.4 Å². The van der Waals surface area contributed by atoms with Crippen molar-refractivity contribution in [1.82, 2.24) is 0 Å². The molecule has 0 aromatic heterocycles. The molecule has 1 aromatic carbocycles. The summed E-state index contributed by atoms with van der Waals surface area (Å²) in [5, 5.41) is 4.79. The predicted molar refractivity (Wildman–Crippen MR) is 66.8 cm³/mol. The summed E-state index contributed by atoms with van der Waals surface area (Å²) in [7, 11) is 0. The van der Waals surface area contributed by atoms with Crippen LogP contribution in [0.5, 0.6) is 0 Å². The Bertz CT molecular complexity index is 453. The van der Waals surface area contributed by atoms with Gasteiger partial charge in [0.2, 0.25) is 0 Å². The van der Waals surface area contributed by atoms with Crippen molar-refractivity contribution in [2.45, 2.75) is 16.2 Å². The van der Waals surface area contributed by atoms with Crippen molar-refractivity contribution in [3.05, 3.63) is 47.5 Å². The Morgan fingerprint density at radius 3 is 3.00 bits per heavy atom. The van der Waals surface area contributed by atoms with Gasteiger partial charge in [0.15, 0.2) is 0 Å². The minimum Gasteiger partial charge on any atom is -0.376 e. The molecular formula is C12H10ClNS. The second kappa shape index (κ2) is 3.62. The Labute approximate surface area is 98.2 Å². The maximum Gasteiger partial charge on any atom is 0.0605 e. The predicted octanol–water partition coefficient (Wildman–Crippen LogP) is 3.72. The van der Waals surface area contributed by atoms with Crippen molar-refractivity contribution >= 4 is 29.1 Å². The van der Waals surface area contributed by atoms with Crippen LogP contribution in [0.1, 0.15) is 0 Å². The summed E-state index contributed by atoms with van der Waals surface area (Å²) < 4.78 is 0. The Balaban J connectivity index is 2.00. The second-order valence-electron chi connectivity index (χ2n) is 3.66. The molecule has 0 fully saturated rings. The lowest BCUT2D eigenvalue weighted by atomic mass is 10.1. The summed E-state index contributed by atoms with van der Waals surface area (Å²) in [6.07, 6.45) is 8.63. The monoisotopic (exact) mass is 235 g/mol. The van der Waals surface area contributed by atoms with Gasteiger partial charge in [0.05, 0.1) is 11.3 Å². The van der Waals surface area contributed by atoms with Crippen molar-refractivity contribution in [3.8, 4) is 0 Å². The van der Waals surface area contributed by atoms with Crippen molar-refractivity contribution in [1.29, 1.82) is 0 Å². The first-order chi connectivity index (χ1) is 7.33. The van der Waals surface area contributed by atoms with Gasteiger partial charge in [-0.15, -0.1) is 11.8 Å². The molecule has 0 saturated carbocycles. The number of allylic oxidation sites excluding steroid dienone is 2. The van der Waals surface area contributed by atoms with E-state index in [0.29, 0.717) is 11.3 Å². The molecule has 1 nitrogen and oxygen atoms in total. The van der Waals surface area contributed by atoms with Gasteiger partial charge in [0.1, 0.15) is 0 Å². The van der Waals surface area contributed by atoms with Gasteiger partial charge in [-0.3, -0.25) is 0 Å². The van der Waals surface area contributed by atoms with E-state index in [0.717, 1.165) is 10.7 Å². The molecule has 2 atom stereocenters. The van der Waals surface area contributed by atoms with Crippen molar-refractivity contribution in [3.63, 3.8) is 0 Å². The van der Waals surface area contributed by atoms with E-state index in [2.05, 4.69) is 35.7 Å². The van der Waals surface area contributed by atoms with Gasteiger partial charge in [-0.1, -0.05) is 35.9 Å². The van der Waals surface area contributed by atoms with Gasteiger partial charge in [-0.25, -0.2) is 0 Å². The highest BCUT2D eigenvalue weighted by molar-refractivity contribution is 8.00. The maximum absolute atomic E-state index is 5.97. The topological polar surface area (TPSA) is 12.0 Å². The second-order valence-corrected chi connectivity index (χ2v) is 5.32. The van der Waals surface area contributed by atoms with Gasteiger partial charge in [-0.05, 0) is 18.2 Å². The van der Waals surface area contributed by atoms with Gasteiger partial charge in [0, 0.05) is 15.6 Å². The average molecular weight is 236 g/mol. The molecule has 0 radical (unpaired) electrons. The van der Waals surface area contributed by atoms with E-state index in [1.54, 1.807) is 0 Å². The number of rotatable bonds is 0. The zero-order valence-electron chi connectivity index (χ0n) is 7.98. The molecule has 1 aliphatic heterocycles. The van der Waals surface area contributed by atoms with E-state index < -0.39 is 0 Å². The van der Waals surface area contributed by atoms with E-state index in [1.165, 1.54) is 4.90 Å². The molecule has 2 aliphatic rings. The summed E-state index contributed by atoms with van der Waals surface area (Å²) in [6.45, 7) is 0. The van der Waals surface area contributed by atoms with Gasteiger partial charge in [-0.2, -0.15) is 0 Å². The normalized spacial score (nSPS) is 26.7. The van der Waals surface area contributed by atoms with E-state index in [1.807, 2.05) is 23.9 Å². The quantitative estimate of drug-likeness (QED) is 0.736. The molecule has 15 heavy (non-hydrogen) atoms. The summed E-state index contributed by atoms with van der Waals surface area (Å²) in [5.41, 5.74) is 1.15. The fourth-order valence-corrected chi connectivity index (χ4v) is 3.20. The molecule has 0 saturated heterocycles. The lowest BCUT2D eigenvalue weighted by Crippen LogP contribution is -2.32. The van der Waals surface area contributed by atoms with Gasteiger partial charge < -0.3 is 5.32 Å². The molecule has 0 amide bonds. The standard InChI is InChI=1S/C12H10ClNS/c13-8-5-6-12-10(7-8)14-9-3-1-2-4-11(9)15-12/h1-7,9,11,14H. The van der Waals surface area contributed by atoms with Crippen LogP contribution in [0.4, 0.5) is 5.69 Å². The summed E-state index contributed by atoms with van der Waals surface area (Å²) in [5.74, 6) is 0. The fourth-order valence-electron chi connectivity index (χ4n) is 1.87. The number of thioether (sulfide) groups is 1. The highest BCUT2D eigenvalue weighted by Gasteiger charge is 2.26. The van der Waals surface area contributed by atoms with Crippen LogP contribution < -0.4 is 5.32 Å². The Morgan fingerprint density at radius 1 is 1.20 bits per heavy atom. The van der Waals surface area contributed by atoms with Crippen LogP contribution in [0.25, 0.3) is 0 Å². The number of fused-ring (bicyclic) bond motifs is 2. The largest absolute Gasteiger partial charge is 0.376 e. The van der Waals surface area contributed by atoms with Crippen molar-refractivity contribution in [2.75, 3.05) is 5.32 Å². The van der Waals surface area contributed by atoms with Gasteiger partial charge in [0.25, 0.3) is 0 Å². The van der Waals surface area contributed by atoms with Gasteiger partial charge >= 0.3 is 0 Å². The number of halogens is 1. The highest BCUT2D eigenvalue weighted by Crippen LogP contribution is 2.40. The van der Waals surface area contributed by atoms with Crippen molar-refractivity contribution in [2.24, 2.45) is 0 Å². The van der Waals surface area contributed by atoms with Crippen LogP contribution in [0.3, 0.4) is 0 Å². The summed E-state index contributed by atoms with van der Waals surface area (Å²) in [4.78, 5) is 1.28. The van der Waals surface area contributed by atoms with Crippen LogP contribution in [0.2, 0.25) is 5.02 Å². The lowest BCUT2D eigenvalue weighted by Gasteiger charge is -2.32. The maximum atomic E-state index is 5.97. The molecule has 1 aromatic rings. The first kappa shape index (κ1) is 9.37. The smallest absolute Gasteiger partial charge is 0.0605 e. The molecule has 2 unspecified atom stereocenters. The number of hydrogen-bond acceptors (Lipinski definition) is 2. The zero-order valence-corrected chi connectivity index (χ0v) is 9.55. The number of hydrogen-bond donors (Lipinski definition) is 1. The van der Waals surface area contributed by atoms with Crippen LogP contribution in [0, 0.1) is 0 Å².